The first kappa shape index (κ1) is 13.6. The standard InChI is InChI=1S/C16H15N3OS/c1-10-6-7-21-15(10)9-18-16(20)14-8-12(17)11-4-2-3-5-13(11)19-14/h2-8H,9H2,1H3,(H2,17,19)(H,18,20). The zero-order valence-electron chi connectivity index (χ0n) is 11.6. The van der Waals surface area contributed by atoms with Gasteiger partial charge in [0, 0.05) is 16.0 Å². The molecule has 1 amide bonds. The normalized spacial score (nSPS) is 10.7. The molecule has 0 bridgehead atoms. The number of amides is 1. The Balaban J connectivity index is 1.83. The van der Waals surface area contributed by atoms with E-state index in [-0.39, 0.29) is 5.91 Å². The number of nitrogens with two attached hydrogens (primary N) is 1. The van der Waals surface area contributed by atoms with Crippen LogP contribution in [0, 0.1) is 6.92 Å². The maximum absolute atomic E-state index is 12.2. The van der Waals surface area contributed by atoms with Gasteiger partial charge < -0.3 is 11.1 Å². The molecule has 0 aliphatic rings. The van der Waals surface area contributed by atoms with Gasteiger partial charge >= 0.3 is 0 Å². The summed E-state index contributed by atoms with van der Waals surface area (Å²) in [4.78, 5) is 17.7. The van der Waals surface area contributed by atoms with Crippen LogP contribution < -0.4 is 11.1 Å². The van der Waals surface area contributed by atoms with E-state index in [4.69, 9.17) is 5.73 Å². The van der Waals surface area contributed by atoms with Gasteiger partial charge in [0.15, 0.2) is 0 Å². The maximum atomic E-state index is 12.2. The summed E-state index contributed by atoms with van der Waals surface area (Å²) in [6.07, 6.45) is 0. The number of anilines is 1. The highest BCUT2D eigenvalue weighted by Gasteiger charge is 2.11. The lowest BCUT2D eigenvalue weighted by Gasteiger charge is -2.07. The molecule has 3 N–H and O–H groups in total. The lowest BCUT2D eigenvalue weighted by molar-refractivity contribution is 0.0946. The number of hydrogen-bond acceptors (Lipinski definition) is 4. The quantitative estimate of drug-likeness (QED) is 0.780. The third-order valence-corrected chi connectivity index (χ3v) is 4.38. The van der Waals surface area contributed by atoms with E-state index >= 15 is 0 Å². The number of nitrogens with one attached hydrogen (secondary N) is 1. The number of aromatic nitrogens is 1. The molecule has 1 aromatic carbocycles. The van der Waals surface area contributed by atoms with E-state index in [0.717, 1.165) is 15.8 Å². The predicted octanol–water partition coefficient (Wildman–Crippen LogP) is 3.12. The fourth-order valence-electron chi connectivity index (χ4n) is 2.15. The minimum Gasteiger partial charge on any atom is -0.398 e. The van der Waals surface area contributed by atoms with Crippen LogP contribution in [0.25, 0.3) is 10.9 Å². The van der Waals surface area contributed by atoms with Gasteiger partial charge in [-0.1, -0.05) is 18.2 Å². The van der Waals surface area contributed by atoms with E-state index in [1.54, 1.807) is 17.4 Å². The maximum Gasteiger partial charge on any atom is 0.270 e. The second-order valence-electron chi connectivity index (χ2n) is 4.82. The van der Waals surface area contributed by atoms with E-state index in [2.05, 4.69) is 10.3 Å². The topological polar surface area (TPSA) is 68.0 Å². The van der Waals surface area contributed by atoms with Crippen LogP contribution in [0.5, 0.6) is 0 Å². The Morgan fingerprint density at radius 3 is 2.90 bits per heavy atom. The van der Waals surface area contributed by atoms with E-state index in [1.807, 2.05) is 42.6 Å². The van der Waals surface area contributed by atoms with Crippen molar-refractivity contribution in [2.45, 2.75) is 13.5 Å². The van der Waals surface area contributed by atoms with Crippen molar-refractivity contribution in [2.75, 3.05) is 5.73 Å². The number of fused-ring (bicyclic) bond motifs is 1. The first-order valence-corrected chi connectivity index (χ1v) is 7.49. The molecule has 0 atom stereocenters. The predicted molar refractivity (Wildman–Crippen MR) is 86.4 cm³/mol. The second-order valence-corrected chi connectivity index (χ2v) is 5.82. The fourth-order valence-corrected chi connectivity index (χ4v) is 3.00. The van der Waals surface area contributed by atoms with Gasteiger partial charge in [0.05, 0.1) is 12.1 Å². The molecule has 4 nitrogen and oxygen atoms in total. The van der Waals surface area contributed by atoms with Crippen molar-refractivity contribution in [1.82, 2.24) is 10.3 Å². The number of aryl methyl sites for hydroxylation is 1. The Hall–Kier alpha value is -2.40. The van der Waals surface area contributed by atoms with Crippen molar-refractivity contribution >= 4 is 33.8 Å². The molecule has 2 aromatic heterocycles. The number of carbonyl (C=O) groups excluding carboxylic acids is 1. The number of pyridine rings is 1. The molecule has 0 spiro atoms. The summed E-state index contributed by atoms with van der Waals surface area (Å²) in [5.41, 5.74) is 8.82. The van der Waals surface area contributed by atoms with Crippen LogP contribution in [0.1, 0.15) is 20.9 Å². The van der Waals surface area contributed by atoms with Gasteiger partial charge in [0.2, 0.25) is 0 Å². The zero-order valence-corrected chi connectivity index (χ0v) is 12.4. The second kappa shape index (κ2) is 5.54. The summed E-state index contributed by atoms with van der Waals surface area (Å²) >= 11 is 1.63. The largest absolute Gasteiger partial charge is 0.398 e. The molecule has 2 heterocycles. The number of nitrogen functional groups attached to an aromatic ring is 1. The molecule has 0 aliphatic heterocycles. The third kappa shape index (κ3) is 2.73. The van der Waals surface area contributed by atoms with Gasteiger partial charge in [-0.25, -0.2) is 4.98 Å². The number of nitrogens with zero attached hydrogens (tertiary/aromatic N) is 1. The van der Waals surface area contributed by atoms with Crippen LogP contribution in [-0.4, -0.2) is 10.9 Å². The van der Waals surface area contributed by atoms with E-state index in [0.29, 0.717) is 17.9 Å². The summed E-state index contributed by atoms with van der Waals surface area (Å²) in [5, 5.41) is 5.77. The summed E-state index contributed by atoms with van der Waals surface area (Å²) in [6.45, 7) is 2.54. The molecule has 0 fully saturated rings. The van der Waals surface area contributed by atoms with Crippen molar-refractivity contribution in [2.24, 2.45) is 0 Å². The van der Waals surface area contributed by atoms with E-state index in [9.17, 15) is 4.79 Å². The Morgan fingerprint density at radius 2 is 2.14 bits per heavy atom. The third-order valence-electron chi connectivity index (χ3n) is 3.36. The number of carbonyl (C=O) groups is 1. The highest BCUT2D eigenvalue weighted by Crippen LogP contribution is 2.20. The van der Waals surface area contributed by atoms with Gasteiger partial charge in [-0.15, -0.1) is 11.3 Å². The lowest BCUT2D eigenvalue weighted by Crippen LogP contribution is -2.23. The smallest absolute Gasteiger partial charge is 0.270 e. The summed E-state index contributed by atoms with van der Waals surface area (Å²) in [7, 11) is 0. The highest BCUT2D eigenvalue weighted by molar-refractivity contribution is 7.10. The average molecular weight is 297 g/mol. The molecule has 0 radical (unpaired) electrons. The lowest BCUT2D eigenvalue weighted by atomic mass is 10.1. The average Bonchev–Trinajstić information content (AvgIpc) is 2.90. The molecule has 0 aliphatic carbocycles. The Morgan fingerprint density at radius 1 is 1.33 bits per heavy atom. The molecule has 0 unspecified atom stereocenters. The summed E-state index contributed by atoms with van der Waals surface area (Å²) in [6, 6.07) is 11.2. The van der Waals surface area contributed by atoms with Crippen molar-refractivity contribution in [1.29, 1.82) is 0 Å². The van der Waals surface area contributed by atoms with Crippen LogP contribution in [0.4, 0.5) is 5.69 Å². The van der Waals surface area contributed by atoms with Gasteiger partial charge in [0.1, 0.15) is 5.69 Å². The van der Waals surface area contributed by atoms with E-state index < -0.39 is 0 Å². The number of rotatable bonds is 3. The van der Waals surface area contributed by atoms with Gasteiger partial charge in [0.25, 0.3) is 5.91 Å². The molecule has 0 saturated heterocycles. The number of thiophene rings is 1. The molecular formula is C16H15N3OS. The summed E-state index contributed by atoms with van der Waals surface area (Å²) in [5.74, 6) is -0.208. The van der Waals surface area contributed by atoms with Crippen molar-refractivity contribution in [3.05, 3.63) is 57.9 Å². The van der Waals surface area contributed by atoms with Gasteiger partial charge in [-0.2, -0.15) is 0 Å². The number of hydrogen-bond donors (Lipinski definition) is 2. The van der Waals surface area contributed by atoms with Crippen molar-refractivity contribution in [3.63, 3.8) is 0 Å². The van der Waals surface area contributed by atoms with Gasteiger partial charge in [-0.3, -0.25) is 4.79 Å². The molecule has 106 valence electrons. The summed E-state index contributed by atoms with van der Waals surface area (Å²) < 4.78 is 0. The monoisotopic (exact) mass is 297 g/mol. The molecular weight excluding hydrogens is 282 g/mol. The Bertz CT molecular complexity index is 810. The zero-order chi connectivity index (χ0) is 14.8. The minimum absolute atomic E-state index is 0.208. The Labute approximate surface area is 126 Å². The first-order valence-electron chi connectivity index (χ1n) is 6.61. The fraction of sp³-hybridized carbons (Fsp3) is 0.125. The number of benzene rings is 1. The minimum atomic E-state index is -0.208. The SMILES string of the molecule is Cc1ccsc1CNC(=O)c1cc(N)c2ccccc2n1. The van der Waals surface area contributed by atoms with Crippen LogP contribution in [0.2, 0.25) is 0 Å². The Kier molecular flexibility index (Phi) is 3.58. The molecule has 3 rings (SSSR count). The first-order chi connectivity index (χ1) is 10.1. The van der Waals surface area contributed by atoms with Gasteiger partial charge in [-0.05, 0) is 36.1 Å². The van der Waals surface area contributed by atoms with E-state index in [1.165, 1.54) is 5.56 Å². The molecule has 21 heavy (non-hydrogen) atoms. The number of para-hydroxylation sites is 1. The molecule has 3 aromatic rings. The molecule has 0 saturated carbocycles. The van der Waals surface area contributed by atoms with Crippen molar-refractivity contribution in [3.8, 4) is 0 Å². The van der Waals surface area contributed by atoms with Crippen LogP contribution in [0.3, 0.4) is 0 Å². The molecule has 5 heteroatoms. The van der Waals surface area contributed by atoms with Crippen LogP contribution >= 0.6 is 11.3 Å². The van der Waals surface area contributed by atoms with Crippen molar-refractivity contribution < 1.29 is 4.79 Å². The van der Waals surface area contributed by atoms with Crippen LogP contribution in [0.15, 0.2) is 41.8 Å². The van der Waals surface area contributed by atoms with Crippen LogP contribution in [-0.2, 0) is 6.54 Å². The highest BCUT2D eigenvalue weighted by atomic mass is 32.1.